The minimum absolute atomic E-state index is 0.181. The Bertz CT molecular complexity index is 593. The molecule has 0 radical (unpaired) electrons. The van der Waals surface area contributed by atoms with Gasteiger partial charge in [0.1, 0.15) is 0 Å². The molecule has 1 fully saturated rings. The van der Waals surface area contributed by atoms with Crippen molar-refractivity contribution in [2.24, 2.45) is 0 Å². The second kappa shape index (κ2) is 8.90. The molecular weight excluding hydrogens is 320 g/mol. The summed E-state index contributed by atoms with van der Waals surface area (Å²) in [5.74, 6) is 1.88. The highest BCUT2D eigenvalue weighted by atomic mass is 32.2. The van der Waals surface area contributed by atoms with Crippen molar-refractivity contribution in [1.82, 2.24) is 14.6 Å². The van der Waals surface area contributed by atoms with Crippen LogP contribution in [0, 0.1) is 0 Å². The number of fused-ring (bicyclic) bond motifs is 1. The minimum Gasteiger partial charge on any atom is -0.303 e. The molecule has 0 aromatic carbocycles. The molecule has 0 spiro atoms. The van der Waals surface area contributed by atoms with E-state index in [1.807, 2.05) is 4.57 Å². The Balaban J connectivity index is 1.86. The van der Waals surface area contributed by atoms with Crippen molar-refractivity contribution in [1.29, 1.82) is 0 Å². The average molecular weight is 351 g/mol. The van der Waals surface area contributed by atoms with Gasteiger partial charge in [-0.15, -0.1) is 0 Å². The Hall–Kier alpha value is -1.01. The van der Waals surface area contributed by atoms with E-state index >= 15 is 0 Å². The molecular formula is C18H30N4OS. The van der Waals surface area contributed by atoms with E-state index in [0.717, 1.165) is 61.2 Å². The van der Waals surface area contributed by atoms with Crippen LogP contribution in [0.1, 0.15) is 63.9 Å². The summed E-state index contributed by atoms with van der Waals surface area (Å²) in [6, 6.07) is 0. The molecule has 0 amide bonds. The van der Waals surface area contributed by atoms with E-state index in [0.29, 0.717) is 0 Å². The van der Waals surface area contributed by atoms with E-state index in [-0.39, 0.29) is 5.56 Å². The van der Waals surface area contributed by atoms with Crippen LogP contribution in [0.25, 0.3) is 0 Å². The van der Waals surface area contributed by atoms with Crippen LogP contribution in [0.2, 0.25) is 0 Å². The normalized spacial score (nSPS) is 18.9. The third-order valence-electron chi connectivity index (χ3n) is 4.89. The van der Waals surface area contributed by atoms with Gasteiger partial charge in [0.2, 0.25) is 0 Å². The van der Waals surface area contributed by atoms with E-state index in [1.54, 1.807) is 11.8 Å². The van der Waals surface area contributed by atoms with E-state index in [1.165, 1.54) is 38.5 Å². The molecule has 6 heteroatoms. The zero-order valence-corrected chi connectivity index (χ0v) is 15.7. The Kier molecular flexibility index (Phi) is 6.60. The number of anilines is 1. The van der Waals surface area contributed by atoms with Crippen LogP contribution < -0.4 is 11.0 Å². The predicted octanol–water partition coefficient (Wildman–Crippen LogP) is 3.67. The molecule has 3 rings (SSSR count). The van der Waals surface area contributed by atoms with E-state index in [2.05, 4.69) is 17.4 Å². The van der Waals surface area contributed by atoms with Crippen LogP contribution in [0.15, 0.2) is 9.95 Å². The molecule has 0 saturated carbocycles. The van der Waals surface area contributed by atoms with Gasteiger partial charge in [0, 0.05) is 25.4 Å². The van der Waals surface area contributed by atoms with Crippen LogP contribution in [-0.4, -0.2) is 33.4 Å². The quantitative estimate of drug-likeness (QED) is 0.626. The highest BCUT2D eigenvalue weighted by molar-refractivity contribution is 7.99. The van der Waals surface area contributed by atoms with Crippen LogP contribution in [0.4, 0.5) is 5.82 Å². The second-order valence-corrected chi connectivity index (χ2v) is 7.91. The maximum Gasteiger partial charge on any atom is 0.259 e. The van der Waals surface area contributed by atoms with Gasteiger partial charge in [-0.25, -0.2) is 9.99 Å². The molecule has 1 saturated heterocycles. The van der Waals surface area contributed by atoms with Gasteiger partial charge in [-0.05, 0) is 32.1 Å². The first-order valence-electron chi connectivity index (χ1n) is 9.57. The molecule has 5 nitrogen and oxygen atoms in total. The van der Waals surface area contributed by atoms with Crippen molar-refractivity contribution in [3.63, 3.8) is 0 Å². The van der Waals surface area contributed by atoms with Crippen LogP contribution in [0.5, 0.6) is 0 Å². The van der Waals surface area contributed by atoms with E-state index in [9.17, 15) is 4.79 Å². The summed E-state index contributed by atoms with van der Waals surface area (Å²) in [6.45, 7) is 5.10. The summed E-state index contributed by atoms with van der Waals surface area (Å²) < 4.78 is 1.89. The van der Waals surface area contributed by atoms with Gasteiger partial charge in [0.25, 0.3) is 5.56 Å². The molecule has 1 N–H and O–H groups in total. The molecule has 0 atom stereocenters. The summed E-state index contributed by atoms with van der Waals surface area (Å²) in [5.41, 5.74) is 4.57. The monoisotopic (exact) mass is 350 g/mol. The van der Waals surface area contributed by atoms with Crippen molar-refractivity contribution in [2.75, 3.05) is 24.3 Å². The van der Waals surface area contributed by atoms with Crippen LogP contribution >= 0.6 is 11.8 Å². The third-order valence-corrected chi connectivity index (χ3v) is 5.95. The van der Waals surface area contributed by atoms with E-state index in [4.69, 9.17) is 4.98 Å². The van der Waals surface area contributed by atoms with Crippen LogP contribution in [-0.2, 0) is 13.0 Å². The number of thioether (sulfide) groups is 1. The SMILES string of the molecule is CCCCCc1c(NN2CCCCCC2)nc2n(c1=O)CCCS2. The Labute approximate surface area is 149 Å². The maximum atomic E-state index is 13.0. The standard InChI is InChI=1S/C18H30N4OS/c1-2-3-6-10-15-16(20-21-11-7-4-5-8-12-21)19-18-22(17(15)23)13-9-14-24-18/h20H,2-14H2,1H3. The Morgan fingerprint density at radius 1 is 1.08 bits per heavy atom. The topological polar surface area (TPSA) is 50.2 Å². The lowest BCUT2D eigenvalue weighted by molar-refractivity contribution is 0.340. The van der Waals surface area contributed by atoms with Crippen molar-refractivity contribution < 1.29 is 0 Å². The summed E-state index contributed by atoms with van der Waals surface area (Å²) in [4.78, 5) is 17.8. The molecule has 1 aromatic heterocycles. The van der Waals surface area contributed by atoms with Crippen molar-refractivity contribution in [3.05, 3.63) is 15.9 Å². The lowest BCUT2D eigenvalue weighted by Crippen LogP contribution is -2.36. The van der Waals surface area contributed by atoms with Crippen LogP contribution in [0.3, 0.4) is 0 Å². The highest BCUT2D eigenvalue weighted by Gasteiger charge is 2.21. The number of unbranched alkanes of at least 4 members (excludes halogenated alkanes) is 2. The van der Waals surface area contributed by atoms with Gasteiger partial charge < -0.3 is 5.43 Å². The number of aromatic nitrogens is 2. The first kappa shape index (κ1) is 17.8. The van der Waals surface area contributed by atoms with Crippen molar-refractivity contribution in [2.45, 2.75) is 76.4 Å². The molecule has 3 heterocycles. The summed E-state index contributed by atoms with van der Waals surface area (Å²) in [6.07, 6.45) is 10.3. The molecule has 2 aliphatic heterocycles. The number of hydrogen-bond acceptors (Lipinski definition) is 5. The highest BCUT2D eigenvalue weighted by Crippen LogP contribution is 2.25. The maximum absolute atomic E-state index is 13.0. The van der Waals surface area contributed by atoms with Gasteiger partial charge in [-0.1, -0.05) is 44.4 Å². The van der Waals surface area contributed by atoms with Gasteiger partial charge in [0.05, 0.1) is 5.56 Å². The fourth-order valence-electron chi connectivity index (χ4n) is 3.47. The zero-order valence-electron chi connectivity index (χ0n) is 14.9. The van der Waals surface area contributed by atoms with Gasteiger partial charge in [0.15, 0.2) is 11.0 Å². The van der Waals surface area contributed by atoms with Crippen molar-refractivity contribution >= 4 is 17.6 Å². The van der Waals surface area contributed by atoms with Gasteiger partial charge in [-0.2, -0.15) is 0 Å². The molecule has 24 heavy (non-hydrogen) atoms. The van der Waals surface area contributed by atoms with E-state index < -0.39 is 0 Å². The molecule has 0 unspecified atom stereocenters. The third kappa shape index (κ3) is 4.33. The number of nitrogens with zero attached hydrogens (tertiary/aromatic N) is 3. The van der Waals surface area contributed by atoms with Gasteiger partial charge >= 0.3 is 0 Å². The smallest absolute Gasteiger partial charge is 0.259 e. The summed E-state index contributed by atoms with van der Waals surface area (Å²) >= 11 is 1.71. The molecule has 134 valence electrons. The molecule has 0 aliphatic carbocycles. The number of hydrogen-bond donors (Lipinski definition) is 1. The summed E-state index contributed by atoms with van der Waals surface area (Å²) in [7, 11) is 0. The number of hydrazine groups is 1. The largest absolute Gasteiger partial charge is 0.303 e. The number of nitrogens with one attached hydrogen (secondary N) is 1. The predicted molar refractivity (Wildman–Crippen MR) is 101 cm³/mol. The summed E-state index contributed by atoms with van der Waals surface area (Å²) in [5, 5.41) is 3.16. The first-order valence-corrected chi connectivity index (χ1v) is 10.6. The molecule has 1 aromatic rings. The first-order chi connectivity index (χ1) is 11.8. The Morgan fingerprint density at radius 2 is 1.88 bits per heavy atom. The lowest BCUT2D eigenvalue weighted by Gasteiger charge is -2.25. The fraction of sp³-hybridized carbons (Fsp3) is 0.778. The Morgan fingerprint density at radius 3 is 2.62 bits per heavy atom. The lowest BCUT2D eigenvalue weighted by atomic mass is 10.1. The minimum atomic E-state index is 0.181. The van der Waals surface area contributed by atoms with Crippen molar-refractivity contribution in [3.8, 4) is 0 Å². The van der Waals surface area contributed by atoms with Gasteiger partial charge in [-0.3, -0.25) is 9.36 Å². The second-order valence-electron chi connectivity index (χ2n) is 6.85. The zero-order chi connectivity index (χ0) is 16.8. The molecule has 0 bridgehead atoms. The fourth-order valence-corrected chi connectivity index (χ4v) is 4.41. The average Bonchev–Trinajstić information content (AvgIpc) is 2.86. The number of rotatable bonds is 6. The molecule has 2 aliphatic rings.